The number of halogens is 1. The van der Waals surface area contributed by atoms with Gasteiger partial charge in [-0.15, -0.1) is 0 Å². The second-order valence-corrected chi connectivity index (χ2v) is 5.44. The number of ether oxygens (including phenoxy) is 2. The summed E-state index contributed by atoms with van der Waals surface area (Å²) in [5, 5.41) is 3.35. The third kappa shape index (κ3) is 3.54. The zero-order chi connectivity index (χ0) is 15.4. The van der Waals surface area contributed by atoms with Gasteiger partial charge in [-0.25, -0.2) is 4.39 Å². The van der Waals surface area contributed by atoms with E-state index in [1.54, 1.807) is 20.3 Å². The Kier molecular flexibility index (Phi) is 5.56. The van der Waals surface area contributed by atoms with Crippen LogP contribution in [0.3, 0.4) is 0 Å². The van der Waals surface area contributed by atoms with Crippen LogP contribution in [-0.2, 0) is 9.47 Å². The molecule has 0 spiro atoms. The van der Waals surface area contributed by atoms with Crippen LogP contribution in [0.4, 0.5) is 10.1 Å². The summed E-state index contributed by atoms with van der Waals surface area (Å²) in [5.41, 5.74) is 2.02. The van der Waals surface area contributed by atoms with Crippen molar-refractivity contribution in [1.29, 1.82) is 0 Å². The van der Waals surface area contributed by atoms with E-state index in [9.17, 15) is 4.39 Å². The fourth-order valence-electron chi connectivity index (χ4n) is 2.97. The molecule has 1 aromatic carbocycles. The molecule has 1 aliphatic heterocycles. The van der Waals surface area contributed by atoms with Crippen LogP contribution in [0.25, 0.3) is 0 Å². The first kappa shape index (κ1) is 16.2. The van der Waals surface area contributed by atoms with Crippen LogP contribution >= 0.6 is 0 Å². The van der Waals surface area contributed by atoms with Crippen LogP contribution in [0.5, 0.6) is 0 Å². The first-order chi connectivity index (χ1) is 10.1. The van der Waals surface area contributed by atoms with Gasteiger partial charge in [0, 0.05) is 39.0 Å². The molecule has 3 atom stereocenters. The van der Waals surface area contributed by atoms with Crippen LogP contribution in [-0.4, -0.2) is 46.1 Å². The van der Waals surface area contributed by atoms with Gasteiger partial charge in [0.1, 0.15) is 18.0 Å². The van der Waals surface area contributed by atoms with E-state index in [1.165, 1.54) is 6.07 Å². The predicted octanol–water partition coefficient (Wildman–Crippen LogP) is 2.35. The maximum absolute atomic E-state index is 13.6. The molecule has 0 radical (unpaired) electrons. The van der Waals surface area contributed by atoms with Gasteiger partial charge < -0.3 is 19.7 Å². The standard InChI is InChI=1S/C16H25FN2O2/c1-5-18-11(2)13-8-12(17)6-7-14(13)19-9-15(20-3)16(10-19)21-4/h6-8,11,15-16,18H,5,9-10H2,1-4H3. The number of nitrogens with one attached hydrogen (secondary N) is 1. The fraction of sp³-hybridized carbons (Fsp3) is 0.625. The quantitative estimate of drug-likeness (QED) is 0.874. The average molecular weight is 296 g/mol. The third-order valence-corrected chi connectivity index (χ3v) is 4.13. The molecule has 0 bridgehead atoms. The highest BCUT2D eigenvalue weighted by Gasteiger charge is 2.34. The molecule has 0 aliphatic carbocycles. The van der Waals surface area contributed by atoms with Crippen molar-refractivity contribution in [3.8, 4) is 0 Å². The molecule has 1 aliphatic rings. The smallest absolute Gasteiger partial charge is 0.123 e. The second kappa shape index (κ2) is 7.20. The third-order valence-electron chi connectivity index (χ3n) is 4.13. The minimum Gasteiger partial charge on any atom is -0.377 e. The van der Waals surface area contributed by atoms with E-state index in [1.807, 2.05) is 13.0 Å². The van der Waals surface area contributed by atoms with Crippen molar-refractivity contribution in [2.45, 2.75) is 32.1 Å². The lowest BCUT2D eigenvalue weighted by molar-refractivity contribution is -0.00461. The van der Waals surface area contributed by atoms with Crippen LogP contribution in [0, 0.1) is 5.82 Å². The van der Waals surface area contributed by atoms with Gasteiger partial charge in [0.25, 0.3) is 0 Å². The minimum atomic E-state index is -0.204. The van der Waals surface area contributed by atoms with Gasteiger partial charge in [0.2, 0.25) is 0 Å². The van der Waals surface area contributed by atoms with E-state index in [0.717, 1.165) is 30.9 Å². The van der Waals surface area contributed by atoms with E-state index in [2.05, 4.69) is 17.1 Å². The molecule has 0 saturated carbocycles. The van der Waals surface area contributed by atoms with Crippen LogP contribution in [0.2, 0.25) is 0 Å². The largest absolute Gasteiger partial charge is 0.377 e. The molecule has 0 aromatic heterocycles. The van der Waals surface area contributed by atoms with Crippen LogP contribution < -0.4 is 10.2 Å². The van der Waals surface area contributed by atoms with Gasteiger partial charge in [0.15, 0.2) is 0 Å². The molecule has 118 valence electrons. The maximum atomic E-state index is 13.6. The normalized spacial score (nSPS) is 23.6. The van der Waals surface area contributed by atoms with E-state index in [0.29, 0.717) is 0 Å². The van der Waals surface area contributed by atoms with Gasteiger partial charge in [-0.2, -0.15) is 0 Å². The lowest BCUT2D eigenvalue weighted by atomic mass is 10.0. The van der Waals surface area contributed by atoms with Crippen molar-refractivity contribution < 1.29 is 13.9 Å². The first-order valence-corrected chi connectivity index (χ1v) is 7.44. The summed E-state index contributed by atoms with van der Waals surface area (Å²) in [7, 11) is 3.40. The molecule has 1 N–H and O–H groups in total. The SMILES string of the molecule is CCNC(C)c1cc(F)ccc1N1CC(OC)C(OC)C1. The molecule has 5 heteroatoms. The molecular weight excluding hydrogens is 271 g/mol. The summed E-state index contributed by atoms with van der Waals surface area (Å²) in [6.07, 6.45) is 0.0877. The maximum Gasteiger partial charge on any atom is 0.123 e. The Balaban J connectivity index is 2.27. The molecule has 1 aromatic rings. The number of rotatable bonds is 6. The summed E-state index contributed by atoms with van der Waals surface area (Å²) in [5.74, 6) is -0.204. The molecular formula is C16H25FN2O2. The van der Waals surface area contributed by atoms with Gasteiger partial charge >= 0.3 is 0 Å². The number of anilines is 1. The van der Waals surface area contributed by atoms with Crippen LogP contribution in [0.15, 0.2) is 18.2 Å². The Morgan fingerprint density at radius 1 is 1.29 bits per heavy atom. The number of hydrogen-bond donors (Lipinski definition) is 1. The summed E-state index contributed by atoms with van der Waals surface area (Å²) in [6.45, 7) is 6.46. The summed E-state index contributed by atoms with van der Waals surface area (Å²) >= 11 is 0. The summed E-state index contributed by atoms with van der Waals surface area (Å²) in [4.78, 5) is 2.21. The van der Waals surface area contributed by atoms with Gasteiger partial charge in [0.05, 0.1) is 0 Å². The van der Waals surface area contributed by atoms with Gasteiger partial charge in [-0.05, 0) is 37.2 Å². The van der Waals surface area contributed by atoms with Crippen molar-refractivity contribution in [3.05, 3.63) is 29.6 Å². The summed E-state index contributed by atoms with van der Waals surface area (Å²) < 4.78 is 24.6. The molecule has 1 heterocycles. The highest BCUT2D eigenvalue weighted by atomic mass is 19.1. The van der Waals surface area contributed by atoms with Crippen molar-refractivity contribution >= 4 is 5.69 Å². The van der Waals surface area contributed by atoms with E-state index < -0.39 is 0 Å². The Bertz CT molecular complexity index is 458. The van der Waals surface area contributed by atoms with Gasteiger partial charge in [-0.3, -0.25) is 0 Å². The lowest BCUT2D eigenvalue weighted by Gasteiger charge is -2.25. The van der Waals surface area contributed by atoms with Crippen LogP contribution in [0.1, 0.15) is 25.5 Å². The van der Waals surface area contributed by atoms with E-state index in [4.69, 9.17) is 9.47 Å². The number of benzene rings is 1. The Labute approximate surface area is 126 Å². The first-order valence-electron chi connectivity index (χ1n) is 7.44. The molecule has 0 amide bonds. The Hall–Kier alpha value is -1.17. The summed E-state index contributed by atoms with van der Waals surface area (Å²) in [6, 6.07) is 5.08. The zero-order valence-electron chi connectivity index (χ0n) is 13.2. The van der Waals surface area contributed by atoms with Crippen molar-refractivity contribution in [1.82, 2.24) is 5.32 Å². The van der Waals surface area contributed by atoms with Crippen molar-refractivity contribution in [2.75, 3.05) is 38.8 Å². The van der Waals surface area contributed by atoms with Crippen molar-refractivity contribution in [2.24, 2.45) is 0 Å². The highest BCUT2D eigenvalue weighted by molar-refractivity contribution is 5.56. The zero-order valence-corrected chi connectivity index (χ0v) is 13.2. The Morgan fingerprint density at radius 3 is 2.43 bits per heavy atom. The fourth-order valence-corrected chi connectivity index (χ4v) is 2.97. The minimum absolute atomic E-state index is 0.0438. The Morgan fingerprint density at radius 2 is 1.90 bits per heavy atom. The molecule has 1 saturated heterocycles. The van der Waals surface area contributed by atoms with Crippen molar-refractivity contribution in [3.63, 3.8) is 0 Å². The number of nitrogens with zero attached hydrogens (tertiary/aromatic N) is 1. The molecule has 1 fully saturated rings. The number of hydrogen-bond acceptors (Lipinski definition) is 4. The second-order valence-electron chi connectivity index (χ2n) is 5.44. The van der Waals surface area contributed by atoms with E-state index in [-0.39, 0.29) is 24.1 Å². The molecule has 4 nitrogen and oxygen atoms in total. The topological polar surface area (TPSA) is 33.7 Å². The van der Waals surface area contributed by atoms with E-state index >= 15 is 0 Å². The van der Waals surface area contributed by atoms with Gasteiger partial charge in [-0.1, -0.05) is 6.92 Å². The predicted molar refractivity (Wildman–Crippen MR) is 82.3 cm³/mol. The molecule has 2 rings (SSSR count). The molecule has 21 heavy (non-hydrogen) atoms. The molecule has 3 unspecified atom stereocenters. The highest BCUT2D eigenvalue weighted by Crippen LogP contribution is 2.31. The lowest BCUT2D eigenvalue weighted by Crippen LogP contribution is -2.27. The number of methoxy groups -OCH3 is 2. The monoisotopic (exact) mass is 296 g/mol. The average Bonchev–Trinajstić information content (AvgIpc) is 2.90.